The second-order valence-corrected chi connectivity index (χ2v) is 4.68. The predicted octanol–water partition coefficient (Wildman–Crippen LogP) is 0.931. The van der Waals surface area contributed by atoms with Crippen LogP contribution in [-0.4, -0.2) is 40.1 Å². The van der Waals surface area contributed by atoms with Crippen LogP contribution in [0.2, 0.25) is 0 Å². The molecule has 1 aliphatic rings. The molecule has 1 amide bonds. The molecule has 20 heavy (non-hydrogen) atoms. The van der Waals surface area contributed by atoms with Crippen LogP contribution in [0.1, 0.15) is 18.0 Å². The van der Waals surface area contributed by atoms with Crippen molar-refractivity contribution in [1.29, 1.82) is 0 Å². The van der Waals surface area contributed by atoms with Crippen LogP contribution >= 0.6 is 0 Å². The molecule has 2 N–H and O–H groups in total. The molecule has 0 saturated carbocycles. The molecule has 1 aromatic rings. The van der Waals surface area contributed by atoms with E-state index in [-0.39, 0.29) is 25.5 Å². The van der Waals surface area contributed by atoms with Crippen molar-refractivity contribution in [3.8, 4) is 0 Å². The highest BCUT2D eigenvalue weighted by Crippen LogP contribution is 2.31. The van der Waals surface area contributed by atoms with Crippen LogP contribution in [0.4, 0.5) is 8.78 Å². The lowest BCUT2D eigenvalue weighted by Gasteiger charge is -2.25. The fourth-order valence-electron chi connectivity index (χ4n) is 2.35. The Kier molecular flexibility index (Phi) is 3.99. The molecule has 0 spiro atoms. The zero-order chi connectivity index (χ0) is 14.9. The summed E-state index contributed by atoms with van der Waals surface area (Å²) < 4.78 is 27.0. The Hall–Kier alpha value is -2.02. The third-order valence-corrected chi connectivity index (χ3v) is 3.32. The smallest absolute Gasteiger partial charge is 0.331 e. The third kappa shape index (κ3) is 2.49. The van der Waals surface area contributed by atoms with E-state index in [1.54, 1.807) is 0 Å². The van der Waals surface area contributed by atoms with Gasteiger partial charge in [0.1, 0.15) is 0 Å². The Morgan fingerprint density at radius 1 is 1.45 bits per heavy atom. The van der Waals surface area contributed by atoms with Crippen molar-refractivity contribution in [2.45, 2.75) is 12.5 Å². The number of likely N-dealkylation sites (tertiary alicyclic amines) is 1. The number of benzene rings is 1. The third-order valence-electron chi connectivity index (χ3n) is 3.32. The van der Waals surface area contributed by atoms with Gasteiger partial charge in [-0.2, -0.15) is 0 Å². The van der Waals surface area contributed by atoms with Gasteiger partial charge in [0.25, 0.3) is 0 Å². The van der Waals surface area contributed by atoms with Gasteiger partial charge >= 0.3 is 5.97 Å². The fraction of sp³-hybridized carbons (Fsp3) is 0.385. The van der Waals surface area contributed by atoms with Gasteiger partial charge in [0.2, 0.25) is 5.91 Å². The number of nitrogens with zero attached hydrogens (tertiary/aromatic N) is 1. The molecule has 1 saturated heterocycles. The number of carboxylic acid groups (broad SMARTS) is 1. The minimum atomic E-state index is -1.59. The normalized spacial score (nSPS) is 20.2. The summed E-state index contributed by atoms with van der Waals surface area (Å²) in [6.45, 7) is -0.261. The average Bonchev–Trinajstić information content (AvgIpc) is 2.76. The molecule has 1 aliphatic heterocycles. The van der Waals surface area contributed by atoms with Gasteiger partial charge < -0.3 is 15.1 Å². The van der Waals surface area contributed by atoms with Crippen LogP contribution < -0.4 is 0 Å². The van der Waals surface area contributed by atoms with E-state index in [4.69, 9.17) is 5.11 Å². The number of hydrogen-bond donors (Lipinski definition) is 2. The summed E-state index contributed by atoms with van der Waals surface area (Å²) in [5.41, 5.74) is -0.399. The number of carbonyl (C=O) groups excluding carboxylic acids is 1. The van der Waals surface area contributed by atoms with E-state index < -0.39 is 35.1 Å². The lowest BCUT2D eigenvalue weighted by Crippen LogP contribution is -2.36. The number of carbonyl (C=O) groups is 2. The Morgan fingerprint density at radius 2 is 2.15 bits per heavy atom. The lowest BCUT2D eigenvalue weighted by molar-refractivity contribution is -0.148. The highest BCUT2D eigenvalue weighted by Gasteiger charge is 2.39. The van der Waals surface area contributed by atoms with Crippen molar-refractivity contribution in [3.05, 3.63) is 35.4 Å². The molecule has 0 bridgehead atoms. The van der Waals surface area contributed by atoms with E-state index >= 15 is 0 Å². The summed E-state index contributed by atoms with van der Waals surface area (Å²) in [6.07, 6.45) is -0.00276. The zero-order valence-electron chi connectivity index (χ0n) is 10.4. The monoisotopic (exact) mass is 285 g/mol. The van der Waals surface area contributed by atoms with Crippen molar-refractivity contribution in [2.24, 2.45) is 5.92 Å². The van der Waals surface area contributed by atoms with Crippen molar-refractivity contribution in [1.82, 2.24) is 4.90 Å². The van der Waals surface area contributed by atoms with Gasteiger partial charge in [0.15, 0.2) is 17.7 Å². The van der Waals surface area contributed by atoms with Crippen LogP contribution in [0.3, 0.4) is 0 Å². The molecule has 5 nitrogen and oxygen atoms in total. The number of aliphatic hydroxyl groups is 1. The van der Waals surface area contributed by atoms with E-state index in [0.717, 1.165) is 17.0 Å². The first-order valence-electron chi connectivity index (χ1n) is 6.02. The summed E-state index contributed by atoms with van der Waals surface area (Å²) in [7, 11) is 0. The van der Waals surface area contributed by atoms with Crippen LogP contribution in [0, 0.1) is 17.6 Å². The number of aliphatic hydroxyl groups excluding tert-OH is 1. The summed E-state index contributed by atoms with van der Waals surface area (Å²) >= 11 is 0. The first kappa shape index (κ1) is 14.4. The Bertz CT molecular complexity index is 549. The van der Waals surface area contributed by atoms with E-state index in [2.05, 4.69) is 0 Å². The van der Waals surface area contributed by atoms with E-state index in [1.165, 1.54) is 6.07 Å². The van der Waals surface area contributed by atoms with E-state index in [9.17, 15) is 23.5 Å². The average molecular weight is 285 g/mol. The van der Waals surface area contributed by atoms with Gasteiger partial charge in [-0.15, -0.1) is 0 Å². The molecule has 108 valence electrons. The number of halogens is 2. The highest BCUT2D eigenvalue weighted by atomic mass is 19.2. The summed E-state index contributed by atoms with van der Waals surface area (Å²) in [6, 6.07) is 1.61. The molecular weight excluding hydrogens is 272 g/mol. The second kappa shape index (κ2) is 5.54. The number of hydrogen-bond acceptors (Lipinski definition) is 3. The Balaban J connectivity index is 2.40. The van der Waals surface area contributed by atoms with E-state index in [1.807, 2.05) is 0 Å². The van der Waals surface area contributed by atoms with Gasteiger partial charge in [-0.1, -0.05) is 12.1 Å². The van der Waals surface area contributed by atoms with Crippen molar-refractivity contribution in [2.75, 3.05) is 13.2 Å². The molecule has 7 heteroatoms. The quantitative estimate of drug-likeness (QED) is 0.862. The maximum Gasteiger partial charge on any atom is 0.331 e. The largest absolute Gasteiger partial charge is 0.479 e. The van der Waals surface area contributed by atoms with E-state index in [0.29, 0.717) is 0 Å². The van der Waals surface area contributed by atoms with Gasteiger partial charge in [-0.25, -0.2) is 13.6 Å². The number of rotatable bonds is 4. The first-order valence-corrected chi connectivity index (χ1v) is 6.02. The molecule has 0 radical (unpaired) electrons. The topological polar surface area (TPSA) is 77.8 Å². The van der Waals surface area contributed by atoms with Gasteiger partial charge in [0.05, 0.1) is 0 Å². The van der Waals surface area contributed by atoms with Crippen molar-refractivity contribution < 1.29 is 28.6 Å². The predicted molar refractivity (Wildman–Crippen MR) is 63.6 cm³/mol. The second-order valence-electron chi connectivity index (χ2n) is 4.68. The molecule has 2 rings (SSSR count). The maximum absolute atomic E-state index is 13.7. The Morgan fingerprint density at radius 3 is 2.70 bits per heavy atom. The highest BCUT2D eigenvalue weighted by molar-refractivity contribution is 5.86. The molecule has 1 aromatic carbocycles. The van der Waals surface area contributed by atoms with Crippen LogP contribution in [0.5, 0.6) is 0 Å². The Labute approximate surface area is 113 Å². The molecule has 2 atom stereocenters. The summed E-state index contributed by atoms with van der Waals surface area (Å²) in [5, 5.41) is 18.3. The van der Waals surface area contributed by atoms with Gasteiger partial charge in [-0.05, 0) is 6.07 Å². The van der Waals surface area contributed by atoms with Crippen LogP contribution in [0.15, 0.2) is 18.2 Å². The van der Waals surface area contributed by atoms with Gasteiger partial charge in [0, 0.05) is 31.1 Å². The number of amides is 1. The van der Waals surface area contributed by atoms with Crippen LogP contribution in [-0.2, 0) is 9.59 Å². The SMILES string of the molecule is O=C(O)C(c1cccc(F)c1F)N1CC(CO)CC1=O. The summed E-state index contributed by atoms with van der Waals surface area (Å²) in [4.78, 5) is 24.1. The van der Waals surface area contributed by atoms with Crippen molar-refractivity contribution >= 4 is 11.9 Å². The molecule has 0 aliphatic carbocycles. The molecule has 1 fully saturated rings. The maximum atomic E-state index is 13.7. The first-order chi connectivity index (χ1) is 9.45. The zero-order valence-corrected chi connectivity index (χ0v) is 10.4. The summed E-state index contributed by atoms with van der Waals surface area (Å²) in [5.74, 6) is -4.78. The van der Waals surface area contributed by atoms with Gasteiger partial charge in [-0.3, -0.25) is 4.79 Å². The minimum absolute atomic E-state index is 0.00224. The molecule has 1 heterocycles. The number of aliphatic carboxylic acids is 1. The standard InChI is InChI=1S/C13H13F2NO4/c14-9-3-1-2-8(11(9)15)12(13(19)20)16-5-7(6-17)4-10(16)18/h1-3,7,12,17H,4-6H2,(H,19,20). The molecular formula is C13H13F2NO4. The molecule has 0 aromatic heterocycles. The minimum Gasteiger partial charge on any atom is -0.479 e. The van der Waals surface area contributed by atoms with Crippen molar-refractivity contribution in [3.63, 3.8) is 0 Å². The lowest BCUT2D eigenvalue weighted by atomic mass is 10.0. The molecule has 2 unspecified atom stereocenters. The van der Waals surface area contributed by atoms with Crippen LogP contribution in [0.25, 0.3) is 0 Å². The fourth-order valence-corrected chi connectivity index (χ4v) is 2.35. The number of carboxylic acids is 1.